The van der Waals surface area contributed by atoms with Crippen LogP contribution in [0.15, 0.2) is 17.1 Å². The number of carbonyl (C=O) groups is 2. The summed E-state index contributed by atoms with van der Waals surface area (Å²) < 4.78 is 13.5. The minimum atomic E-state index is -0.921. The number of carbonyl (C=O) groups excluding carboxylic acids is 2. The van der Waals surface area contributed by atoms with Crippen LogP contribution in [-0.2, 0) is 19.0 Å². The zero-order chi connectivity index (χ0) is 21.5. The molecule has 0 aromatic carbocycles. The smallest absolute Gasteiger partial charge is 0.860 e. The van der Waals surface area contributed by atoms with E-state index in [-0.39, 0.29) is 37.4 Å². The zero-order valence-corrected chi connectivity index (χ0v) is 18.9. The van der Waals surface area contributed by atoms with Crippen molar-refractivity contribution in [1.29, 1.82) is 0 Å². The van der Waals surface area contributed by atoms with Crippen molar-refractivity contribution >= 4 is 17.9 Å². The first-order valence-corrected chi connectivity index (χ1v) is 8.74. The van der Waals surface area contributed by atoms with Crippen LogP contribution in [0.25, 0.3) is 0 Å². The Morgan fingerprint density at radius 2 is 1.68 bits per heavy atom. The van der Waals surface area contributed by atoms with E-state index >= 15 is 0 Å². The van der Waals surface area contributed by atoms with Gasteiger partial charge in [0.25, 0.3) is 0 Å². The van der Waals surface area contributed by atoms with Gasteiger partial charge in [0.1, 0.15) is 5.60 Å². The normalized spacial score (nSPS) is 15.7. The molecule has 2 amide bonds. The Morgan fingerprint density at radius 1 is 1.18 bits per heavy atom. The fourth-order valence-corrected chi connectivity index (χ4v) is 2.08. The Labute approximate surface area is 181 Å². The van der Waals surface area contributed by atoms with Crippen molar-refractivity contribution in [3.8, 4) is 0 Å². The quantitative estimate of drug-likeness (QED) is 0.268. The fourth-order valence-electron chi connectivity index (χ4n) is 2.08. The van der Waals surface area contributed by atoms with E-state index in [2.05, 4.69) is 14.5 Å². The van der Waals surface area contributed by atoms with Gasteiger partial charge in [0.05, 0.1) is 6.04 Å². The molecule has 0 aromatic heterocycles. The molecule has 0 aromatic rings. The number of nitrogens with zero attached hydrogens (tertiary/aromatic N) is 2. The number of rotatable bonds is 3. The average molecular weight is 394 g/mol. The molecule has 0 N–H and O–H groups in total. The molecule has 0 fully saturated rings. The summed E-state index contributed by atoms with van der Waals surface area (Å²) in [5.41, 5.74) is -0.701. The largest absolute Gasteiger partial charge is 1.00 e. The maximum atomic E-state index is 11.8. The number of aliphatic imine (C=N–C) groups is 1. The van der Waals surface area contributed by atoms with Gasteiger partial charge in [-0.05, 0) is 45.9 Å². The number of amides is 2. The SMILES string of the molecule is CC(=O)N(C/C([O-])=N/C(=O)OC(C)(C)C)[C@@H]1C=CCCC1.COC.COC.[Li+]. The van der Waals surface area contributed by atoms with Crippen molar-refractivity contribution in [3.05, 3.63) is 12.2 Å². The van der Waals surface area contributed by atoms with Crippen molar-refractivity contribution in [1.82, 2.24) is 4.90 Å². The van der Waals surface area contributed by atoms with Crippen LogP contribution < -0.4 is 24.0 Å². The molecule has 1 atom stereocenters. The molecule has 0 unspecified atom stereocenters. The number of hydrogen-bond acceptors (Lipinski definition) is 6. The minimum absolute atomic E-state index is 0. The summed E-state index contributed by atoms with van der Waals surface area (Å²) in [6.45, 7) is 6.28. The fraction of sp³-hybridized carbons (Fsp3) is 0.737. The third-order valence-corrected chi connectivity index (χ3v) is 2.95. The second-order valence-electron chi connectivity index (χ2n) is 6.88. The third-order valence-electron chi connectivity index (χ3n) is 2.95. The van der Waals surface area contributed by atoms with Gasteiger partial charge in [0, 0.05) is 41.9 Å². The summed E-state index contributed by atoms with van der Waals surface area (Å²) in [6.07, 6.45) is 5.78. The maximum Gasteiger partial charge on any atom is 1.00 e. The molecule has 9 heteroatoms. The zero-order valence-electron chi connectivity index (χ0n) is 18.9. The molecular weight excluding hydrogens is 359 g/mol. The van der Waals surface area contributed by atoms with Gasteiger partial charge in [-0.1, -0.05) is 12.2 Å². The molecule has 0 heterocycles. The molecule has 1 aliphatic carbocycles. The molecule has 158 valence electrons. The van der Waals surface area contributed by atoms with E-state index in [4.69, 9.17) is 4.74 Å². The van der Waals surface area contributed by atoms with Gasteiger partial charge >= 0.3 is 25.0 Å². The van der Waals surface area contributed by atoms with Gasteiger partial charge in [0.15, 0.2) is 0 Å². The van der Waals surface area contributed by atoms with E-state index in [1.807, 2.05) is 12.2 Å². The van der Waals surface area contributed by atoms with Crippen molar-refractivity contribution in [2.45, 2.75) is 58.6 Å². The summed E-state index contributed by atoms with van der Waals surface area (Å²) in [4.78, 5) is 27.9. The van der Waals surface area contributed by atoms with Gasteiger partial charge in [-0.3, -0.25) is 4.79 Å². The number of hydrogen-bond donors (Lipinski definition) is 0. The molecule has 28 heavy (non-hydrogen) atoms. The molecule has 0 aliphatic heterocycles. The monoisotopic (exact) mass is 394 g/mol. The van der Waals surface area contributed by atoms with Gasteiger partial charge < -0.3 is 24.2 Å². The van der Waals surface area contributed by atoms with E-state index < -0.39 is 17.6 Å². The molecule has 8 nitrogen and oxygen atoms in total. The van der Waals surface area contributed by atoms with Crippen LogP contribution in [0.1, 0.15) is 47.0 Å². The number of methoxy groups -OCH3 is 2. The Balaban J connectivity index is -0.000000790. The predicted molar refractivity (Wildman–Crippen MR) is 104 cm³/mol. The van der Waals surface area contributed by atoms with Crippen LogP contribution in [0, 0.1) is 0 Å². The molecule has 1 rings (SSSR count). The Morgan fingerprint density at radius 3 is 2.04 bits per heavy atom. The van der Waals surface area contributed by atoms with Crippen LogP contribution in [-0.4, -0.2) is 69.4 Å². The number of allylic oxidation sites excluding steroid dienone is 1. The summed E-state index contributed by atoms with van der Waals surface area (Å²) in [5, 5.41) is 11.8. The van der Waals surface area contributed by atoms with E-state index in [0.717, 1.165) is 19.3 Å². The third kappa shape index (κ3) is 18.1. The van der Waals surface area contributed by atoms with Crippen molar-refractivity contribution < 1.29 is 47.8 Å². The molecular formula is C19H35LiN2O6. The van der Waals surface area contributed by atoms with Crippen molar-refractivity contribution in [3.63, 3.8) is 0 Å². The van der Waals surface area contributed by atoms with Gasteiger partial charge in [-0.15, -0.1) is 0 Å². The summed E-state index contributed by atoms with van der Waals surface area (Å²) >= 11 is 0. The topological polar surface area (TPSA) is 100 Å². The summed E-state index contributed by atoms with van der Waals surface area (Å²) in [7, 11) is 6.50. The van der Waals surface area contributed by atoms with Crippen LogP contribution in [0.2, 0.25) is 0 Å². The Kier molecular flexibility index (Phi) is 19.9. The first-order valence-electron chi connectivity index (χ1n) is 8.74. The van der Waals surface area contributed by atoms with Crippen LogP contribution in [0.5, 0.6) is 0 Å². The molecule has 0 spiro atoms. The second-order valence-corrected chi connectivity index (χ2v) is 6.88. The molecule has 1 aliphatic rings. The van der Waals surface area contributed by atoms with Crippen molar-refractivity contribution in [2.24, 2.45) is 4.99 Å². The van der Waals surface area contributed by atoms with E-state index in [9.17, 15) is 14.7 Å². The summed E-state index contributed by atoms with van der Waals surface area (Å²) in [6, 6.07) is -0.103. The Hall–Kier alpha value is -1.33. The van der Waals surface area contributed by atoms with Crippen LogP contribution in [0.4, 0.5) is 4.79 Å². The maximum absolute atomic E-state index is 11.8. The molecule has 0 radical (unpaired) electrons. The Bertz CT molecular complexity index is 487. The van der Waals surface area contributed by atoms with Gasteiger partial charge in [0.2, 0.25) is 5.91 Å². The average Bonchev–Trinajstić information content (AvgIpc) is 2.52. The van der Waals surface area contributed by atoms with Crippen LogP contribution >= 0.6 is 0 Å². The first-order chi connectivity index (χ1) is 12.5. The molecule has 0 saturated heterocycles. The van der Waals surface area contributed by atoms with Gasteiger partial charge in [-0.2, -0.15) is 4.99 Å². The van der Waals surface area contributed by atoms with Crippen molar-refractivity contribution in [2.75, 3.05) is 35.0 Å². The van der Waals surface area contributed by atoms with E-state index in [1.54, 1.807) is 49.2 Å². The molecule has 0 saturated carbocycles. The summed E-state index contributed by atoms with van der Waals surface area (Å²) in [5.74, 6) is -0.877. The van der Waals surface area contributed by atoms with Crippen LogP contribution in [0.3, 0.4) is 0 Å². The van der Waals surface area contributed by atoms with E-state index in [0.29, 0.717) is 0 Å². The minimum Gasteiger partial charge on any atom is -0.860 e. The predicted octanol–water partition coefficient (Wildman–Crippen LogP) is -0.833. The van der Waals surface area contributed by atoms with Gasteiger partial charge in [-0.25, -0.2) is 4.79 Å². The first kappa shape index (κ1) is 31.4. The standard InChI is InChI=1S/C15H24N2O4.2C2H6O.Li/c1-11(18)17(12-8-6-5-7-9-12)10-13(19)16-14(20)21-15(2,3)4;2*1-3-2;/h6,8,12H,5,7,9-10H2,1-4H3,(H,16,19,20);2*1-2H3;/q;;;+1/p-1/t12-;;;/m1.../s1. The number of ether oxygens (including phenoxy) is 3. The molecule has 0 bridgehead atoms. The van der Waals surface area contributed by atoms with E-state index in [1.165, 1.54) is 11.8 Å². The second kappa shape index (κ2) is 17.7.